The monoisotopic (exact) mass is 237 g/mol. The van der Waals surface area contributed by atoms with Gasteiger partial charge in [0.15, 0.2) is 0 Å². The molecule has 1 fully saturated rings. The fraction of sp³-hybridized carbons (Fsp3) is 0.417. The van der Waals surface area contributed by atoms with Gasteiger partial charge < -0.3 is 16.4 Å². The smallest absolute Gasteiger partial charge is 0.251 e. The highest BCUT2D eigenvalue weighted by atomic mass is 19.1. The minimum Gasteiger partial charge on any atom is -0.382 e. The summed E-state index contributed by atoms with van der Waals surface area (Å²) in [6.45, 7) is 1.95. The highest BCUT2D eigenvalue weighted by Gasteiger charge is 2.14. The number of carbonyl (C=O) groups is 1. The van der Waals surface area contributed by atoms with Crippen molar-refractivity contribution in [2.24, 2.45) is 5.73 Å². The third kappa shape index (κ3) is 2.94. The molecule has 0 spiro atoms. The predicted octanol–water partition coefficient (Wildman–Crippen LogP) is 1.09. The van der Waals surface area contributed by atoms with Gasteiger partial charge in [0, 0.05) is 11.7 Å². The van der Waals surface area contributed by atoms with Crippen LogP contribution in [-0.4, -0.2) is 25.0 Å². The molecule has 0 unspecified atom stereocenters. The summed E-state index contributed by atoms with van der Waals surface area (Å²) in [5.41, 5.74) is 5.78. The summed E-state index contributed by atoms with van der Waals surface area (Å²) in [7, 11) is 0. The number of amides is 1. The Morgan fingerprint density at radius 3 is 2.76 bits per heavy atom. The largest absolute Gasteiger partial charge is 0.382 e. The van der Waals surface area contributed by atoms with Crippen LogP contribution in [0.15, 0.2) is 18.2 Å². The van der Waals surface area contributed by atoms with Crippen molar-refractivity contribution in [3.63, 3.8) is 0 Å². The molecule has 1 aromatic carbocycles. The van der Waals surface area contributed by atoms with E-state index in [1.165, 1.54) is 12.1 Å². The first-order valence-electron chi connectivity index (χ1n) is 5.73. The Labute approximate surface area is 99.4 Å². The van der Waals surface area contributed by atoms with Crippen LogP contribution in [0.5, 0.6) is 0 Å². The standard InChI is InChI=1S/C12H16FN3O/c13-11-2-1-9(7-10(11)12(14)17)16-8-3-5-15-6-4-8/h1-2,7-8,15-16H,3-6H2,(H2,14,17). The Morgan fingerprint density at radius 1 is 1.41 bits per heavy atom. The lowest BCUT2D eigenvalue weighted by molar-refractivity contribution is 0.0996. The molecule has 2 rings (SSSR count). The van der Waals surface area contributed by atoms with Gasteiger partial charge in [0.05, 0.1) is 5.56 Å². The number of primary amides is 1. The first-order chi connectivity index (χ1) is 8.16. The van der Waals surface area contributed by atoms with Crippen molar-refractivity contribution in [2.75, 3.05) is 18.4 Å². The maximum absolute atomic E-state index is 13.3. The Morgan fingerprint density at radius 2 is 2.12 bits per heavy atom. The zero-order valence-electron chi connectivity index (χ0n) is 9.50. The van der Waals surface area contributed by atoms with Gasteiger partial charge in [0.1, 0.15) is 5.82 Å². The van der Waals surface area contributed by atoms with Crippen molar-refractivity contribution in [2.45, 2.75) is 18.9 Å². The molecule has 92 valence electrons. The quantitative estimate of drug-likeness (QED) is 0.737. The van der Waals surface area contributed by atoms with E-state index in [0.717, 1.165) is 31.6 Å². The summed E-state index contributed by atoms with van der Waals surface area (Å²) >= 11 is 0. The highest BCUT2D eigenvalue weighted by Crippen LogP contribution is 2.17. The zero-order chi connectivity index (χ0) is 12.3. The number of piperidine rings is 1. The average molecular weight is 237 g/mol. The van der Waals surface area contributed by atoms with E-state index in [2.05, 4.69) is 10.6 Å². The van der Waals surface area contributed by atoms with Crippen LogP contribution in [0, 0.1) is 5.82 Å². The van der Waals surface area contributed by atoms with Gasteiger partial charge in [-0.1, -0.05) is 0 Å². The molecule has 1 aromatic rings. The molecule has 0 saturated carbocycles. The molecule has 5 heteroatoms. The SMILES string of the molecule is NC(=O)c1cc(NC2CCNCC2)ccc1F. The number of nitrogens with one attached hydrogen (secondary N) is 2. The Kier molecular flexibility index (Phi) is 3.58. The molecule has 17 heavy (non-hydrogen) atoms. The second-order valence-corrected chi connectivity index (χ2v) is 4.23. The summed E-state index contributed by atoms with van der Waals surface area (Å²) in [6, 6.07) is 4.73. The van der Waals surface area contributed by atoms with Crippen molar-refractivity contribution in [3.8, 4) is 0 Å². The van der Waals surface area contributed by atoms with Gasteiger partial charge in [0.25, 0.3) is 5.91 Å². The van der Waals surface area contributed by atoms with E-state index in [9.17, 15) is 9.18 Å². The zero-order valence-corrected chi connectivity index (χ0v) is 9.50. The Bertz CT molecular complexity index is 416. The fourth-order valence-electron chi connectivity index (χ4n) is 2.01. The lowest BCUT2D eigenvalue weighted by Gasteiger charge is -2.24. The van der Waals surface area contributed by atoms with Crippen molar-refractivity contribution in [1.82, 2.24) is 5.32 Å². The van der Waals surface area contributed by atoms with E-state index in [4.69, 9.17) is 5.73 Å². The third-order valence-electron chi connectivity index (χ3n) is 2.94. The normalized spacial score (nSPS) is 16.8. The maximum atomic E-state index is 13.3. The van der Waals surface area contributed by atoms with Gasteiger partial charge in [-0.2, -0.15) is 0 Å². The van der Waals surface area contributed by atoms with Crippen molar-refractivity contribution >= 4 is 11.6 Å². The van der Waals surface area contributed by atoms with E-state index in [1.807, 2.05) is 0 Å². The predicted molar refractivity (Wildman–Crippen MR) is 64.4 cm³/mol. The number of rotatable bonds is 3. The van der Waals surface area contributed by atoms with Crippen molar-refractivity contribution in [1.29, 1.82) is 0 Å². The molecule has 1 saturated heterocycles. The molecule has 1 heterocycles. The van der Waals surface area contributed by atoms with Crippen LogP contribution in [0.1, 0.15) is 23.2 Å². The molecule has 1 amide bonds. The third-order valence-corrected chi connectivity index (χ3v) is 2.94. The van der Waals surface area contributed by atoms with E-state index in [-0.39, 0.29) is 5.56 Å². The van der Waals surface area contributed by atoms with E-state index in [1.54, 1.807) is 6.07 Å². The number of benzene rings is 1. The van der Waals surface area contributed by atoms with Gasteiger partial charge in [-0.05, 0) is 44.1 Å². The summed E-state index contributed by atoms with van der Waals surface area (Å²) < 4.78 is 13.3. The van der Waals surface area contributed by atoms with Crippen molar-refractivity contribution in [3.05, 3.63) is 29.6 Å². The fourth-order valence-corrected chi connectivity index (χ4v) is 2.01. The molecule has 0 bridgehead atoms. The molecular weight excluding hydrogens is 221 g/mol. The van der Waals surface area contributed by atoms with Crippen LogP contribution >= 0.6 is 0 Å². The van der Waals surface area contributed by atoms with Crippen LogP contribution < -0.4 is 16.4 Å². The van der Waals surface area contributed by atoms with Gasteiger partial charge in [-0.25, -0.2) is 4.39 Å². The van der Waals surface area contributed by atoms with Gasteiger partial charge >= 0.3 is 0 Å². The van der Waals surface area contributed by atoms with Crippen molar-refractivity contribution < 1.29 is 9.18 Å². The topological polar surface area (TPSA) is 67.2 Å². The number of carbonyl (C=O) groups excluding carboxylic acids is 1. The van der Waals surface area contributed by atoms with E-state index >= 15 is 0 Å². The second kappa shape index (κ2) is 5.14. The molecule has 0 atom stereocenters. The molecule has 0 aliphatic carbocycles. The van der Waals surface area contributed by atoms with Crippen LogP contribution in [0.3, 0.4) is 0 Å². The number of hydrogen-bond donors (Lipinski definition) is 3. The molecule has 4 N–H and O–H groups in total. The molecule has 1 aliphatic rings. The highest BCUT2D eigenvalue weighted by molar-refractivity contribution is 5.94. The summed E-state index contributed by atoms with van der Waals surface area (Å²) in [6.07, 6.45) is 2.03. The minimum atomic E-state index is -0.739. The van der Waals surface area contributed by atoms with Crippen LogP contribution in [-0.2, 0) is 0 Å². The minimum absolute atomic E-state index is 0.0658. The first-order valence-corrected chi connectivity index (χ1v) is 5.73. The van der Waals surface area contributed by atoms with Gasteiger partial charge in [-0.15, -0.1) is 0 Å². The van der Waals surface area contributed by atoms with Crippen LogP contribution in [0.25, 0.3) is 0 Å². The second-order valence-electron chi connectivity index (χ2n) is 4.23. The summed E-state index contributed by atoms with van der Waals surface area (Å²) in [4.78, 5) is 11.0. The number of anilines is 1. The maximum Gasteiger partial charge on any atom is 0.251 e. The number of hydrogen-bond acceptors (Lipinski definition) is 3. The molecular formula is C12H16FN3O. The summed E-state index contributed by atoms with van der Waals surface area (Å²) in [5.74, 6) is -1.31. The average Bonchev–Trinajstić information content (AvgIpc) is 2.32. The van der Waals surface area contributed by atoms with E-state index < -0.39 is 11.7 Å². The number of halogens is 1. The summed E-state index contributed by atoms with van der Waals surface area (Å²) in [5, 5.41) is 6.55. The molecule has 0 aromatic heterocycles. The lowest BCUT2D eigenvalue weighted by atomic mass is 10.1. The molecule has 4 nitrogen and oxygen atoms in total. The Hall–Kier alpha value is -1.62. The first kappa shape index (κ1) is 11.9. The lowest BCUT2D eigenvalue weighted by Crippen LogP contribution is -2.35. The number of nitrogens with two attached hydrogens (primary N) is 1. The van der Waals surface area contributed by atoms with Gasteiger partial charge in [0.2, 0.25) is 0 Å². The Balaban J connectivity index is 2.10. The van der Waals surface area contributed by atoms with E-state index in [0.29, 0.717) is 6.04 Å². The van der Waals surface area contributed by atoms with Crippen LogP contribution in [0.4, 0.5) is 10.1 Å². The van der Waals surface area contributed by atoms with Crippen LogP contribution in [0.2, 0.25) is 0 Å². The van der Waals surface area contributed by atoms with Gasteiger partial charge in [-0.3, -0.25) is 4.79 Å². The molecule has 0 radical (unpaired) electrons. The molecule has 1 aliphatic heterocycles.